The van der Waals surface area contributed by atoms with Crippen LogP contribution >= 0.6 is 22.9 Å². The van der Waals surface area contributed by atoms with Crippen molar-refractivity contribution >= 4 is 33.8 Å². The first-order valence-electron chi connectivity index (χ1n) is 6.20. The number of nitrogens with zero attached hydrogens (tertiary/aromatic N) is 1. The van der Waals surface area contributed by atoms with Gasteiger partial charge in [0.05, 0.1) is 4.34 Å². The molecule has 4 heteroatoms. The molecule has 3 rings (SSSR count). The smallest absolute Gasteiger partial charge is 0.0931 e. The molecule has 0 amide bonds. The summed E-state index contributed by atoms with van der Waals surface area (Å²) in [6.45, 7) is 0.588. The van der Waals surface area contributed by atoms with Crippen LogP contribution in [-0.4, -0.2) is 11.1 Å². The van der Waals surface area contributed by atoms with Gasteiger partial charge in [-0.2, -0.15) is 0 Å². The highest BCUT2D eigenvalue weighted by Crippen LogP contribution is 2.35. The van der Waals surface area contributed by atoms with E-state index in [2.05, 4.69) is 48.1 Å². The fourth-order valence-electron chi connectivity index (χ4n) is 2.56. The molecule has 2 nitrogen and oxygen atoms in total. The molecular formula is C15H15ClN2S. The molecule has 2 heterocycles. The molecule has 0 saturated heterocycles. The molecule has 19 heavy (non-hydrogen) atoms. The van der Waals surface area contributed by atoms with Crippen LogP contribution in [0.5, 0.6) is 0 Å². The third kappa shape index (κ3) is 2.18. The maximum absolute atomic E-state index is 6.04. The van der Waals surface area contributed by atoms with Crippen molar-refractivity contribution in [3.63, 3.8) is 0 Å². The van der Waals surface area contributed by atoms with Crippen molar-refractivity contribution in [2.45, 2.75) is 5.92 Å². The summed E-state index contributed by atoms with van der Waals surface area (Å²) < 4.78 is 2.97. The van der Waals surface area contributed by atoms with Crippen LogP contribution in [0.4, 0.5) is 0 Å². The summed E-state index contributed by atoms with van der Waals surface area (Å²) in [5, 5.41) is 1.27. The molecule has 98 valence electrons. The second kappa shape index (κ2) is 5.00. The van der Waals surface area contributed by atoms with Crippen LogP contribution < -0.4 is 5.73 Å². The Balaban J connectivity index is 2.16. The van der Waals surface area contributed by atoms with Gasteiger partial charge in [-0.05, 0) is 23.8 Å². The highest BCUT2D eigenvalue weighted by molar-refractivity contribution is 7.16. The van der Waals surface area contributed by atoms with E-state index in [4.69, 9.17) is 17.3 Å². The average Bonchev–Trinajstić information content (AvgIpc) is 2.97. The van der Waals surface area contributed by atoms with Crippen molar-refractivity contribution in [1.29, 1.82) is 0 Å². The van der Waals surface area contributed by atoms with Crippen LogP contribution in [0.1, 0.15) is 16.4 Å². The molecule has 1 aromatic carbocycles. The summed E-state index contributed by atoms with van der Waals surface area (Å²) in [7, 11) is 2.07. The first-order chi connectivity index (χ1) is 9.20. The molecule has 3 aromatic rings. The second-order valence-electron chi connectivity index (χ2n) is 4.64. The summed E-state index contributed by atoms with van der Waals surface area (Å²) in [4.78, 5) is 1.23. The number of hydrogen-bond acceptors (Lipinski definition) is 2. The number of benzene rings is 1. The summed E-state index contributed by atoms with van der Waals surface area (Å²) in [6, 6.07) is 12.4. The average molecular weight is 291 g/mol. The number of fused-ring (bicyclic) bond motifs is 1. The van der Waals surface area contributed by atoms with E-state index < -0.39 is 0 Å². The summed E-state index contributed by atoms with van der Waals surface area (Å²) in [6.07, 6.45) is 2.18. The first kappa shape index (κ1) is 12.7. The van der Waals surface area contributed by atoms with E-state index in [-0.39, 0.29) is 5.92 Å². The zero-order valence-electron chi connectivity index (χ0n) is 10.6. The topological polar surface area (TPSA) is 30.9 Å². The van der Waals surface area contributed by atoms with E-state index in [1.54, 1.807) is 11.3 Å². The van der Waals surface area contributed by atoms with Crippen LogP contribution in [0.15, 0.2) is 42.6 Å². The van der Waals surface area contributed by atoms with Gasteiger partial charge in [-0.1, -0.05) is 29.8 Å². The molecule has 0 aliphatic carbocycles. The maximum atomic E-state index is 6.04. The Morgan fingerprint density at radius 1 is 1.26 bits per heavy atom. The molecular weight excluding hydrogens is 276 g/mol. The van der Waals surface area contributed by atoms with E-state index in [1.165, 1.54) is 21.3 Å². The predicted molar refractivity (Wildman–Crippen MR) is 83.1 cm³/mol. The maximum Gasteiger partial charge on any atom is 0.0931 e. The van der Waals surface area contributed by atoms with Crippen LogP contribution in [0.2, 0.25) is 4.34 Å². The van der Waals surface area contributed by atoms with Gasteiger partial charge in [-0.25, -0.2) is 0 Å². The highest BCUT2D eigenvalue weighted by atomic mass is 35.5. The zero-order valence-corrected chi connectivity index (χ0v) is 12.2. The van der Waals surface area contributed by atoms with Crippen LogP contribution in [0, 0.1) is 0 Å². The summed E-state index contributed by atoms with van der Waals surface area (Å²) in [5.41, 5.74) is 8.51. The standard InChI is InChI=1S/C15H15ClN2S/c1-18-9-12(10-4-2-3-5-13(10)18)11(8-17)14-6-7-15(16)19-14/h2-7,9,11H,8,17H2,1H3. The molecule has 0 spiro atoms. The minimum absolute atomic E-state index is 0.212. The lowest BCUT2D eigenvalue weighted by molar-refractivity contribution is 0.831. The van der Waals surface area contributed by atoms with Gasteiger partial charge in [0.25, 0.3) is 0 Å². The number of halogens is 1. The number of aryl methyl sites for hydroxylation is 1. The minimum atomic E-state index is 0.212. The summed E-state index contributed by atoms with van der Waals surface area (Å²) in [5.74, 6) is 0.212. The number of hydrogen-bond donors (Lipinski definition) is 1. The number of nitrogens with two attached hydrogens (primary N) is 1. The SMILES string of the molecule is Cn1cc(C(CN)c2ccc(Cl)s2)c2ccccc21. The molecule has 0 saturated carbocycles. The minimum Gasteiger partial charge on any atom is -0.350 e. The lowest BCUT2D eigenvalue weighted by Crippen LogP contribution is -2.12. The van der Waals surface area contributed by atoms with Crippen molar-refractivity contribution in [3.05, 3.63) is 57.4 Å². The van der Waals surface area contributed by atoms with Crippen LogP contribution in [0.3, 0.4) is 0 Å². The fraction of sp³-hybridized carbons (Fsp3) is 0.200. The van der Waals surface area contributed by atoms with Crippen molar-refractivity contribution in [2.24, 2.45) is 12.8 Å². The van der Waals surface area contributed by atoms with Crippen LogP contribution in [-0.2, 0) is 7.05 Å². The van der Waals surface area contributed by atoms with Gasteiger partial charge < -0.3 is 10.3 Å². The van der Waals surface area contributed by atoms with Crippen molar-refractivity contribution in [3.8, 4) is 0 Å². The van der Waals surface area contributed by atoms with Crippen molar-refractivity contribution < 1.29 is 0 Å². The van der Waals surface area contributed by atoms with Gasteiger partial charge in [0.15, 0.2) is 0 Å². The first-order valence-corrected chi connectivity index (χ1v) is 7.39. The van der Waals surface area contributed by atoms with Gasteiger partial charge >= 0.3 is 0 Å². The Labute approximate surface area is 121 Å². The van der Waals surface area contributed by atoms with E-state index in [9.17, 15) is 0 Å². The third-order valence-electron chi connectivity index (χ3n) is 3.48. The molecule has 1 atom stereocenters. The molecule has 0 aliphatic heterocycles. The molecule has 0 radical (unpaired) electrons. The normalized spacial score (nSPS) is 13.0. The predicted octanol–water partition coefficient (Wildman–Crippen LogP) is 3.98. The number of aromatic nitrogens is 1. The number of para-hydroxylation sites is 1. The molecule has 0 aliphatic rings. The van der Waals surface area contributed by atoms with Gasteiger partial charge in [-0.15, -0.1) is 11.3 Å². The molecule has 0 fully saturated rings. The number of rotatable bonds is 3. The lowest BCUT2D eigenvalue weighted by Gasteiger charge is -2.12. The molecule has 2 aromatic heterocycles. The Hall–Kier alpha value is -1.29. The number of thiophene rings is 1. The van der Waals surface area contributed by atoms with Crippen LogP contribution in [0.25, 0.3) is 10.9 Å². The fourth-order valence-corrected chi connectivity index (χ4v) is 3.76. The quantitative estimate of drug-likeness (QED) is 0.777. The molecule has 0 bridgehead atoms. The van der Waals surface area contributed by atoms with Gasteiger partial charge in [-0.3, -0.25) is 0 Å². The van der Waals surface area contributed by atoms with E-state index in [1.807, 2.05) is 6.07 Å². The largest absolute Gasteiger partial charge is 0.350 e. The van der Waals surface area contributed by atoms with E-state index in [0.29, 0.717) is 6.54 Å². The third-order valence-corrected chi connectivity index (χ3v) is 4.82. The molecule has 1 unspecified atom stereocenters. The summed E-state index contributed by atoms with van der Waals surface area (Å²) >= 11 is 7.65. The van der Waals surface area contributed by atoms with E-state index >= 15 is 0 Å². The van der Waals surface area contributed by atoms with Gasteiger partial charge in [0.1, 0.15) is 0 Å². The monoisotopic (exact) mass is 290 g/mol. The van der Waals surface area contributed by atoms with Gasteiger partial charge in [0.2, 0.25) is 0 Å². The Kier molecular flexibility index (Phi) is 3.35. The molecule has 2 N–H and O–H groups in total. The highest BCUT2D eigenvalue weighted by Gasteiger charge is 2.19. The zero-order chi connectivity index (χ0) is 13.4. The Morgan fingerprint density at radius 2 is 2.05 bits per heavy atom. The Bertz CT molecular complexity index is 714. The van der Waals surface area contributed by atoms with E-state index in [0.717, 1.165) is 4.34 Å². The second-order valence-corrected chi connectivity index (χ2v) is 6.39. The Morgan fingerprint density at radius 3 is 2.74 bits per heavy atom. The van der Waals surface area contributed by atoms with Crippen molar-refractivity contribution in [2.75, 3.05) is 6.54 Å². The van der Waals surface area contributed by atoms with Crippen molar-refractivity contribution in [1.82, 2.24) is 4.57 Å². The lowest BCUT2D eigenvalue weighted by atomic mass is 9.97. The van der Waals surface area contributed by atoms with Gasteiger partial charge in [0, 0.05) is 41.5 Å².